The molecule has 0 atom stereocenters. The first kappa shape index (κ1) is 14.1. The zero-order chi connectivity index (χ0) is 15.5. The Morgan fingerprint density at radius 2 is 2.27 bits per heavy atom. The predicted octanol–water partition coefficient (Wildman–Crippen LogP) is 2.16. The summed E-state index contributed by atoms with van der Waals surface area (Å²) in [6.45, 7) is 1.12. The second kappa shape index (κ2) is 5.86. The molecule has 2 aromatic rings. The highest BCUT2D eigenvalue weighted by Gasteiger charge is 2.25. The van der Waals surface area contributed by atoms with Gasteiger partial charge >= 0.3 is 0 Å². The van der Waals surface area contributed by atoms with Crippen LogP contribution in [0.15, 0.2) is 36.7 Å². The number of methoxy groups -OCH3 is 1. The zero-order valence-electron chi connectivity index (χ0n) is 12.2. The van der Waals surface area contributed by atoms with Gasteiger partial charge in [0.2, 0.25) is 0 Å². The van der Waals surface area contributed by atoms with E-state index in [9.17, 15) is 4.79 Å². The number of carbonyl (C=O) groups is 1. The molecular weight excluding hydrogens is 278 g/mol. The second-order valence-corrected chi connectivity index (χ2v) is 5.11. The summed E-state index contributed by atoms with van der Waals surface area (Å²) in [4.78, 5) is 18.4. The number of nitriles is 1. The number of fused-ring (bicyclic) bond motifs is 1. The monoisotopic (exact) mass is 293 g/mol. The van der Waals surface area contributed by atoms with Crippen molar-refractivity contribution in [3.05, 3.63) is 58.9 Å². The molecule has 0 fully saturated rings. The van der Waals surface area contributed by atoms with Gasteiger partial charge in [-0.2, -0.15) is 5.26 Å². The summed E-state index contributed by atoms with van der Waals surface area (Å²) in [5, 5.41) is 9.13. The molecule has 3 rings (SSSR count). The van der Waals surface area contributed by atoms with Crippen molar-refractivity contribution in [2.45, 2.75) is 13.0 Å². The van der Waals surface area contributed by atoms with E-state index in [2.05, 4.69) is 4.98 Å². The number of hydrogen-bond donors (Lipinski definition) is 0. The van der Waals surface area contributed by atoms with Crippen LogP contribution in [0.2, 0.25) is 0 Å². The Kier molecular flexibility index (Phi) is 3.75. The molecule has 0 radical (unpaired) electrons. The molecule has 0 saturated heterocycles. The third-order valence-electron chi connectivity index (χ3n) is 3.90. The summed E-state index contributed by atoms with van der Waals surface area (Å²) >= 11 is 0. The topological polar surface area (TPSA) is 66.2 Å². The summed E-state index contributed by atoms with van der Waals surface area (Å²) in [5.41, 5.74) is 2.95. The third-order valence-corrected chi connectivity index (χ3v) is 3.90. The Labute approximate surface area is 128 Å². The Hall–Kier alpha value is -2.87. The number of hydrogen-bond acceptors (Lipinski definition) is 4. The van der Waals surface area contributed by atoms with E-state index in [4.69, 9.17) is 10.00 Å². The Bertz CT molecular complexity index is 765. The van der Waals surface area contributed by atoms with Gasteiger partial charge in [-0.1, -0.05) is 12.1 Å². The summed E-state index contributed by atoms with van der Waals surface area (Å²) in [6, 6.07) is 9.48. The number of amides is 1. The van der Waals surface area contributed by atoms with Crippen molar-refractivity contribution in [2.24, 2.45) is 0 Å². The van der Waals surface area contributed by atoms with E-state index in [1.165, 1.54) is 12.4 Å². The highest BCUT2D eigenvalue weighted by molar-refractivity contribution is 5.96. The van der Waals surface area contributed by atoms with E-state index in [-0.39, 0.29) is 5.91 Å². The molecule has 0 unspecified atom stereocenters. The van der Waals surface area contributed by atoms with Gasteiger partial charge in [0.1, 0.15) is 11.8 Å². The van der Waals surface area contributed by atoms with E-state index in [1.54, 1.807) is 18.1 Å². The highest BCUT2D eigenvalue weighted by Crippen LogP contribution is 2.28. The molecule has 0 saturated carbocycles. The lowest BCUT2D eigenvalue weighted by Gasteiger charge is -2.30. The molecule has 5 nitrogen and oxygen atoms in total. The quantitative estimate of drug-likeness (QED) is 0.851. The van der Waals surface area contributed by atoms with Crippen molar-refractivity contribution < 1.29 is 9.53 Å². The molecule has 0 bridgehead atoms. The summed E-state index contributed by atoms with van der Waals surface area (Å²) in [7, 11) is 1.65. The molecule has 2 heterocycles. The van der Waals surface area contributed by atoms with Crippen molar-refractivity contribution in [3.8, 4) is 11.8 Å². The number of carbonyl (C=O) groups excluding carboxylic acids is 1. The maximum atomic E-state index is 12.6. The molecule has 1 aliphatic heterocycles. The lowest BCUT2D eigenvalue weighted by Crippen LogP contribution is -2.36. The van der Waals surface area contributed by atoms with Gasteiger partial charge in [0.05, 0.1) is 18.2 Å². The molecule has 0 spiro atoms. The van der Waals surface area contributed by atoms with Crippen LogP contribution in [0.4, 0.5) is 0 Å². The van der Waals surface area contributed by atoms with Crippen molar-refractivity contribution in [1.29, 1.82) is 5.26 Å². The molecular formula is C17H15N3O2. The fraction of sp³-hybridized carbons (Fsp3) is 0.235. The molecule has 1 aromatic carbocycles. The average Bonchev–Trinajstić information content (AvgIpc) is 2.59. The lowest BCUT2D eigenvalue weighted by atomic mass is 9.98. The number of rotatable bonds is 2. The normalized spacial score (nSPS) is 13.2. The van der Waals surface area contributed by atoms with Gasteiger partial charge in [0, 0.05) is 31.0 Å². The molecule has 0 aliphatic carbocycles. The summed E-state index contributed by atoms with van der Waals surface area (Å²) < 4.78 is 5.37. The van der Waals surface area contributed by atoms with Gasteiger partial charge in [-0.3, -0.25) is 9.78 Å². The molecule has 5 heteroatoms. The van der Waals surface area contributed by atoms with Crippen LogP contribution >= 0.6 is 0 Å². The summed E-state index contributed by atoms with van der Waals surface area (Å²) in [6.07, 6.45) is 3.72. The molecule has 1 aliphatic rings. The molecule has 110 valence electrons. The van der Waals surface area contributed by atoms with Gasteiger partial charge in [0.15, 0.2) is 0 Å². The minimum atomic E-state index is -0.155. The smallest absolute Gasteiger partial charge is 0.257 e. The fourth-order valence-corrected chi connectivity index (χ4v) is 2.77. The van der Waals surface area contributed by atoms with Gasteiger partial charge in [0.25, 0.3) is 5.91 Å². The third kappa shape index (κ3) is 2.40. The maximum Gasteiger partial charge on any atom is 0.257 e. The van der Waals surface area contributed by atoms with E-state index >= 15 is 0 Å². The van der Waals surface area contributed by atoms with E-state index in [0.29, 0.717) is 24.2 Å². The Morgan fingerprint density at radius 3 is 3.05 bits per heavy atom. The van der Waals surface area contributed by atoms with E-state index in [1.807, 2.05) is 24.3 Å². The van der Waals surface area contributed by atoms with E-state index < -0.39 is 0 Å². The largest absolute Gasteiger partial charge is 0.496 e. The minimum absolute atomic E-state index is 0.155. The first-order valence-electron chi connectivity index (χ1n) is 7.02. The van der Waals surface area contributed by atoms with Crippen LogP contribution in [-0.2, 0) is 13.0 Å². The van der Waals surface area contributed by atoms with Crippen molar-refractivity contribution >= 4 is 5.91 Å². The number of benzene rings is 1. The average molecular weight is 293 g/mol. The fourth-order valence-electron chi connectivity index (χ4n) is 2.77. The maximum absolute atomic E-state index is 12.6. The van der Waals surface area contributed by atoms with Gasteiger partial charge in [-0.25, -0.2) is 0 Å². The Balaban J connectivity index is 1.89. The van der Waals surface area contributed by atoms with Crippen LogP contribution < -0.4 is 4.74 Å². The highest BCUT2D eigenvalue weighted by atomic mass is 16.5. The van der Waals surface area contributed by atoms with Crippen LogP contribution in [0.25, 0.3) is 0 Å². The zero-order valence-corrected chi connectivity index (χ0v) is 12.2. The molecule has 1 amide bonds. The van der Waals surface area contributed by atoms with Crippen LogP contribution in [0.3, 0.4) is 0 Å². The van der Waals surface area contributed by atoms with Crippen molar-refractivity contribution in [2.75, 3.05) is 13.7 Å². The van der Waals surface area contributed by atoms with Gasteiger partial charge in [-0.15, -0.1) is 0 Å². The molecule has 1 aromatic heterocycles. The predicted molar refractivity (Wildman–Crippen MR) is 80.4 cm³/mol. The van der Waals surface area contributed by atoms with Gasteiger partial charge in [-0.05, 0) is 24.1 Å². The Morgan fingerprint density at radius 1 is 1.41 bits per heavy atom. The number of aromatic nitrogens is 1. The standard InChI is InChI=1S/C17H15N3O2/c1-22-16-4-2-3-13-11-20(8-6-14(13)16)17(21)15-10-19-7-5-12(15)9-18/h2-5,7,10H,6,8,11H2,1H3. The van der Waals surface area contributed by atoms with Crippen molar-refractivity contribution in [3.63, 3.8) is 0 Å². The molecule has 0 N–H and O–H groups in total. The van der Waals surface area contributed by atoms with Crippen LogP contribution in [0, 0.1) is 11.3 Å². The van der Waals surface area contributed by atoms with Crippen LogP contribution in [0.1, 0.15) is 27.0 Å². The number of nitrogens with zero attached hydrogens (tertiary/aromatic N) is 3. The minimum Gasteiger partial charge on any atom is -0.496 e. The van der Waals surface area contributed by atoms with E-state index in [0.717, 1.165) is 23.3 Å². The first-order chi connectivity index (χ1) is 10.7. The number of pyridine rings is 1. The van der Waals surface area contributed by atoms with Crippen molar-refractivity contribution in [1.82, 2.24) is 9.88 Å². The summed E-state index contributed by atoms with van der Waals surface area (Å²) in [5.74, 6) is 0.710. The second-order valence-electron chi connectivity index (χ2n) is 5.11. The number of ether oxygens (including phenoxy) is 1. The van der Waals surface area contributed by atoms with Gasteiger partial charge < -0.3 is 9.64 Å². The SMILES string of the molecule is COc1cccc2c1CCN(C(=O)c1cnccc1C#N)C2. The first-order valence-corrected chi connectivity index (χ1v) is 7.02. The lowest BCUT2D eigenvalue weighted by molar-refractivity contribution is 0.0733. The van der Waals surface area contributed by atoms with Crippen LogP contribution in [-0.4, -0.2) is 29.4 Å². The molecule has 22 heavy (non-hydrogen) atoms. The van der Waals surface area contributed by atoms with Crippen LogP contribution in [0.5, 0.6) is 5.75 Å².